The van der Waals surface area contributed by atoms with E-state index in [0.717, 1.165) is 13.2 Å². The number of benzene rings is 3. The summed E-state index contributed by atoms with van der Waals surface area (Å²) in [4.78, 5) is 0. The lowest BCUT2D eigenvalue weighted by Gasteiger charge is -2.40. The lowest BCUT2D eigenvalue weighted by Crippen LogP contribution is -2.48. The molecule has 1 unspecified atom stereocenters. The summed E-state index contributed by atoms with van der Waals surface area (Å²) < 4.78 is 6.17. The molecule has 3 aromatic rings. The summed E-state index contributed by atoms with van der Waals surface area (Å²) >= 11 is 0. The van der Waals surface area contributed by atoms with Gasteiger partial charge in [-0.2, -0.15) is 0 Å². The van der Waals surface area contributed by atoms with Gasteiger partial charge in [0.05, 0.1) is 12.0 Å². The molecule has 1 saturated heterocycles. The van der Waals surface area contributed by atoms with Gasteiger partial charge in [0.1, 0.15) is 6.23 Å². The molecule has 0 saturated carbocycles. The number of rotatable bonds is 4. The summed E-state index contributed by atoms with van der Waals surface area (Å²) in [5, 5.41) is 3.57. The first kappa shape index (κ1) is 15.1. The van der Waals surface area contributed by atoms with Gasteiger partial charge in [-0.3, -0.25) is 5.32 Å². The van der Waals surface area contributed by atoms with E-state index >= 15 is 0 Å². The van der Waals surface area contributed by atoms with Crippen molar-refractivity contribution < 1.29 is 4.74 Å². The third-order valence-corrected chi connectivity index (χ3v) is 4.80. The van der Waals surface area contributed by atoms with Crippen molar-refractivity contribution in [1.82, 2.24) is 5.32 Å². The van der Waals surface area contributed by atoms with Crippen LogP contribution in [0.1, 0.15) is 16.7 Å². The van der Waals surface area contributed by atoms with E-state index < -0.39 is 0 Å². The highest BCUT2D eigenvalue weighted by Gasteiger charge is 2.45. The van der Waals surface area contributed by atoms with Gasteiger partial charge in [-0.05, 0) is 16.7 Å². The van der Waals surface area contributed by atoms with Crippen molar-refractivity contribution in [3.05, 3.63) is 108 Å². The average molecular weight is 315 g/mol. The fourth-order valence-corrected chi connectivity index (χ4v) is 3.76. The second-order valence-electron chi connectivity index (χ2n) is 6.11. The van der Waals surface area contributed by atoms with Crippen LogP contribution in [0.25, 0.3) is 0 Å². The van der Waals surface area contributed by atoms with E-state index in [9.17, 15) is 0 Å². The average Bonchev–Trinajstić information content (AvgIpc) is 3.20. The molecule has 1 N–H and O–H groups in total. The largest absolute Gasteiger partial charge is 0.360 e. The maximum Gasteiger partial charge on any atom is 0.126 e. The highest BCUT2D eigenvalue weighted by atomic mass is 16.5. The number of nitrogens with one attached hydrogen (secondary N) is 1. The van der Waals surface area contributed by atoms with Crippen LogP contribution in [0.4, 0.5) is 0 Å². The molecule has 24 heavy (non-hydrogen) atoms. The molecule has 1 aliphatic heterocycles. The molecule has 0 bridgehead atoms. The molecule has 1 heterocycles. The standard InChI is InChI=1S/C22H21NO/c1-4-10-18(11-5-1)22(21-23-16-17-24-21,19-12-6-2-7-13-19)20-14-8-3-9-15-20/h1-15,21,23H,16-17H2. The highest BCUT2D eigenvalue weighted by molar-refractivity contribution is 5.52. The van der Waals surface area contributed by atoms with Crippen LogP contribution in [-0.2, 0) is 10.2 Å². The summed E-state index contributed by atoms with van der Waals surface area (Å²) in [6, 6.07) is 32.0. The van der Waals surface area contributed by atoms with Crippen LogP contribution < -0.4 is 5.32 Å². The molecule has 0 amide bonds. The van der Waals surface area contributed by atoms with Gasteiger partial charge in [-0.1, -0.05) is 91.0 Å². The van der Waals surface area contributed by atoms with Gasteiger partial charge in [0.15, 0.2) is 0 Å². The lowest BCUT2D eigenvalue weighted by molar-refractivity contribution is 0.0619. The molecule has 120 valence electrons. The molecule has 1 aliphatic rings. The van der Waals surface area contributed by atoms with Crippen LogP contribution >= 0.6 is 0 Å². The fourth-order valence-electron chi connectivity index (χ4n) is 3.76. The maximum atomic E-state index is 6.17. The van der Waals surface area contributed by atoms with E-state index in [-0.39, 0.29) is 11.6 Å². The van der Waals surface area contributed by atoms with Gasteiger partial charge in [0.25, 0.3) is 0 Å². The molecular weight excluding hydrogens is 294 g/mol. The van der Waals surface area contributed by atoms with Crippen LogP contribution in [0.3, 0.4) is 0 Å². The van der Waals surface area contributed by atoms with Crippen molar-refractivity contribution >= 4 is 0 Å². The zero-order valence-corrected chi connectivity index (χ0v) is 13.6. The Morgan fingerprint density at radius 2 is 1.08 bits per heavy atom. The minimum Gasteiger partial charge on any atom is -0.360 e. The highest BCUT2D eigenvalue weighted by Crippen LogP contribution is 2.43. The van der Waals surface area contributed by atoms with Crippen LogP contribution in [-0.4, -0.2) is 19.4 Å². The smallest absolute Gasteiger partial charge is 0.126 e. The van der Waals surface area contributed by atoms with Gasteiger partial charge in [-0.15, -0.1) is 0 Å². The van der Waals surface area contributed by atoms with Crippen molar-refractivity contribution in [2.24, 2.45) is 0 Å². The molecule has 4 rings (SSSR count). The van der Waals surface area contributed by atoms with Crippen molar-refractivity contribution in [2.45, 2.75) is 11.6 Å². The molecule has 1 atom stereocenters. The van der Waals surface area contributed by atoms with Gasteiger partial charge in [0.2, 0.25) is 0 Å². The quantitative estimate of drug-likeness (QED) is 0.736. The molecule has 2 nitrogen and oxygen atoms in total. The minimum absolute atomic E-state index is 0.0929. The third-order valence-electron chi connectivity index (χ3n) is 4.80. The Labute approximate surface area is 143 Å². The van der Waals surface area contributed by atoms with Gasteiger partial charge in [0, 0.05) is 6.54 Å². The van der Waals surface area contributed by atoms with Gasteiger partial charge in [-0.25, -0.2) is 0 Å². The monoisotopic (exact) mass is 315 g/mol. The second kappa shape index (κ2) is 6.60. The Balaban J connectivity index is 2.03. The topological polar surface area (TPSA) is 21.3 Å². The number of hydrogen-bond donors (Lipinski definition) is 1. The maximum absolute atomic E-state index is 6.17. The van der Waals surface area contributed by atoms with E-state index in [4.69, 9.17) is 4.74 Å². The fraction of sp³-hybridized carbons (Fsp3) is 0.182. The number of ether oxygens (including phenoxy) is 1. The van der Waals surface area contributed by atoms with Crippen LogP contribution in [0.15, 0.2) is 91.0 Å². The van der Waals surface area contributed by atoms with Crippen LogP contribution in [0.5, 0.6) is 0 Å². The third kappa shape index (κ3) is 2.44. The van der Waals surface area contributed by atoms with Crippen molar-refractivity contribution in [3.8, 4) is 0 Å². The minimum atomic E-state index is -0.375. The molecule has 3 aromatic carbocycles. The first-order valence-electron chi connectivity index (χ1n) is 8.44. The predicted molar refractivity (Wildman–Crippen MR) is 97.0 cm³/mol. The summed E-state index contributed by atoms with van der Waals surface area (Å²) in [6.45, 7) is 1.61. The Bertz CT molecular complexity index is 668. The zero-order valence-electron chi connectivity index (χ0n) is 13.6. The molecular formula is C22H21NO. The normalized spacial score (nSPS) is 17.8. The van der Waals surface area contributed by atoms with Crippen LogP contribution in [0.2, 0.25) is 0 Å². The summed E-state index contributed by atoms with van der Waals surface area (Å²) in [6.07, 6.45) is -0.0929. The van der Waals surface area contributed by atoms with Crippen molar-refractivity contribution in [2.75, 3.05) is 13.2 Å². The van der Waals surface area contributed by atoms with Crippen LogP contribution in [0, 0.1) is 0 Å². The summed E-state index contributed by atoms with van der Waals surface area (Å²) in [5.74, 6) is 0. The second-order valence-corrected chi connectivity index (χ2v) is 6.11. The first-order valence-corrected chi connectivity index (χ1v) is 8.44. The SMILES string of the molecule is c1ccc(C(c2ccccc2)(c2ccccc2)C2NCCO2)cc1. The molecule has 2 heteroatoms. The molecule has 1 fully saturated rings. The molecule has 0 spiro atoms. The Kier molecular flexibility index (Phi) is 4.16. The van der Waals surface area contributed by atoms with E-state index in [1.807, 2.05) is 0 Å². The van der Waals surface area contributed by atoms with Gasteiger partial charge >= 0.3 is 0 Å². The summed E-state index contributed by atoms with van der Waals surface area (Å²) in [7, 11) is 0. The van der Waals surface area contributed by atoms with Crippen molar-refractivity contribution in [1.29, 1.82) is 0 Å². The Morgan fingerprint density at radius 3 is 1.42 bits per heavy atom. The van der Waals surface area contributed by atoms with E-state index in [0.29, 0.717) is 0 Å². The zero-order chi connectivity index (χ0) is 16.2. The number of hydrogen-bond acceptors (Lipinski definition) is 2. The molecule has 0 aromatic heterocycles. The van der Waals surface area contributed by atoms with E-state index in [1.165, 1.54) is 16.7 Å². The van der Waals surface area contributed by atoms with Crippen molar-refractivity contribution in [3.63, 3.8) is 0 Å². The van der Waals surface area contributed by atoms with Gasteiger partial charge < -0.3 is 4.74 Å². The molecule has 0 aliphatic carbocycles. The van der Waals surface area contributed by atoms with E-state index in [2.05, 4.69) is 96.3 Å². The summed E-state index contributed by atoms with van der Waals surface area (Å²) in [5.41, 5.74) is 3.34. The lowest BCUT2D eigenvalue weighted by atomic mass is 9.68. The Hall–Kier alpha value is -2.42. The predicted octanol–water partition coefficient (Wildman–Crippen LogP) is 3.97. The molecule has 0 radical (unpaired) electrons. The Morgan fingerprint density at radius 1 is 0.667 bits per heavy atom. The van der Waals surface area contributed by atoms with E-state index in [1.54, 1.807) is 0 Å². The first-order chi connectivity index (χ1) is 11.9.